The summed E-state index contributed by atoms with van der Waals surface area (Å²) in [6, 6.07) is 11.3. The van der Waals surface area contributed by atoms with Crippen LogP contribution in [0.4, 0.5) is 16.0 Å². The molecular weight excluding hydrogens is 483 g/mol. The van der Waals surface area contributed by atoms with E-state index in [9.17, 15) is 14.4 Å². The highest BCUT2D eigenvalue weighted by atomic mass is 19.1. The van der Waals surface area contributed by atoms with Gasteiger partial charge in [-0.2, -0.15) is 10.2 Å². The van der Waals surface area contributed by atoms with Gasteiger partial charge in [0.2, 0.25) is 5.95 Å². The van der Waals surface area contributed by atoms with Crippen molar-refractivity contribution < 1.29 is 4.39 Å². The second-order valence-corrected chi connectivity index (χ2v) is 11.2. The molecular formula is C28H27FN8O. The molecule has 0 saturated heterocycles. The number of hydrogen-bond donors (Lipinski definition) is 2. The molecule has 9 nitrogen and oxygen atoms in total. The fraction of sp³-hybridized carbons (Fsp3) is 0.393. The molecule has 192 valence electrons. The average molecular weight is 511 g/mol. The van der Waals surface area contributed by atoms with Crippen molar-refractivity contribution in [2.75, 3.05) is 11.9 Å². The number of fused-ring (bicyclic) bond motifs is 3. The Labute approximate surface area is 218 Å². The summed E-state index contributed by atoms with van der Waals surface area (Å²) in [5.41, 5.74) is 2.92. The first-order chi connectivity index (χ1) is 18.3. The molecule has 4 aromatic rings. The second-order valence-electron chi connectivity index (χ2n) is 11.2. The molecule has 1 spiro atoms. The zero-order chi connectivity index (χ0) is 26.2. The molecule has 0 amide bonds. The van der Waals surface area contributed by atoms with Gasteiger partial charge < -0.3 is 10.6 Å². The van der Waals surface area contributed by atoms with Crippen LogP contribution in [0.1, 0.15) is 62.4 Å². The van der Waals surface area contributed by atoms with Crippen LogP contribution in [0.15, 0.2) is 41.3 Å². The minimum Gasteiger partial charge on any atom is -0.324 e. The lowest BCUT2D eigenvalue weighted by Crippen LogP contribution is -2.33. The van der Waals surface area contributed by atoms with Crippen LogP contribution in [-0.4, -0.2) is 30.9 Å². The third-order valence-electron chi connectivity index (χ3n) is 8.00. The molecule has 1 aliphatic heterocycles. The van der Waals surface area contributed by atoms with Crippen molar-refractivity contribution >= 4 is 22.7 Å². The van der Waals surface area contributed by atoms with E-state index in [4.69, 9.17) is 4.98 Å². The van der Waals surface area contributed by atoms with Crippen molar-refractivity contribution in [1.29, 1.82) is 5.26 Å². The number of pyridine rings is 1. The van der Waals surface area contributed by atoms with Gasteiger partial charge in [0, 0.05) is 30.4 Å². The minimum absolute atomic E-state index is 0.00952. The largest absolute Gasteiger partial charge is 0.324 e. The van der Waals surface area contributed by atoms with E-state index in [0.717, 1.165) is 31.6 Å². The average Bonchev–Trinajstić information content (AvgIpc) is 3.85. The molecule has 4 heterocycles. The fourth-order valence-corrected chi connectivity index (χ4v) is 5.56. The highest BCUT2D eigenvalue weighted by Crippen LogP contribution is 2.50. The molecule has 7 rings (SSSR count). The lowest BCUT2D eigenvalue weighted by molar-refractivity contribution is 0.525. The number of halogens is 1. The van der Waals surface area contributed by atoms with E-state index < -0.39 is 11.2 Å². The Morgan fingerprint density at radius 3 is 2.76 bits per heavy atom. The smallest absolute Gasteiger partial charge is 0.278 e. The minimum atomic E-state index is -1.14. The summed E-state index contributed by atoms with van der Waals surface area (Å²) >= 11 is 0. The van der Waals surface area contributed by atoms with Crippen LogP contribution in [0.25, 0.3) is 16.9 Å². The maximum atomic E-state index is 14.7. The van der Waals surface area contributed by atoms with Crippen molar-refractivity contribution in [2.45, 2.75) is 62.9 Å². The molecule has 10 heteroatoms. The van der Waals surface area contributed by atoms with Crippen LogP contribution in [0.5, 0.6) is 0 Å². The van der Waals surface area contributed by atoms with Gasteiger partial charge in [0.15, 0.2) is 11.5 Å². The first-order valence-corrected chi connectivity index (χ1v) is 13.0. The topological polar surface area (TPSA) is 113 Å². The van der Waals surface area contributed by atoms with Gasteiger partial charge in [-0.1, -0.05) is 6.07 Å². The summed E-state index contributed by atoms with van der Waals surface area (Å²) < 4.78 is 18.0. The molecule has 38 heavy (non-hydrogen) atoms. The first kappa shape index (κ1) is 23.0. The standard InChI is InChI=1S/C28H27FN8O/c1-27(2,14-30)23-21(29)7-8-22(34-23)37-24-19(25(38)36(37)18-4-5-18)13-32-26(35-24)33-17-3-6-20-16(11-17)12-31-15-28(20)9-10-28/h3,6-8,11,13,18,31H,4-5,9-10,12,15H2,1-2H3,(H,32,33,35). The summed E-state index contributed by atoms with van der Waals surface area (Å²) in [5, 5.41) is 16.8. The summed E-state index contributed by atoms with van der Waals surface area (Å²) in [6.45, 7) is 5.10. The van der Waals surface area contributed by atoms with Gasteiger partial charge >= 0.3 is 0 Å². The molecule has 2 saturated carbocycles. The number of aromatic nitrogens is 5. The Kier molecular flexibility index (Phi) is 4.82. The summed E-state index contributed by atoms with van der Waals surface area (Å²) in [5.74, 6) is 0.121. The molecule has 0 unspecified atom stereocenters. The summed E-state index contributed by atoms with van der Waals surface area (Å²) in [7, 11) is 0. The van der Waals surface area contributed by atoms with Crippen molar-refractivity contribution in [3.8, 4) is 11.9 Å². The van der Waals surface area contributed by atoms with E-state index in [2.05, 4.69) is 44.9 Å². The van der Waals surface area contributed by atoms with Gasteiger partial charge in [0.1, 0.15) is 11.2 Å². The monoisotopic (exact) mass is 510 g/mol. The molecule has 0 atom stereocenters. The van der Waals surface area contributed by atoms with E-state index in [1.807, 2.05) is 0 Å². The maximum Gasteiger partial charge on any atom is 0.278 e. The second kappa shape index (κ2) is 7.95. The maximum absolute atomic E-state index is 14.7. The van der Waals surface area contributed by atoms with Crippen LogP contribution >= 0.6 is 0 Å². The third-order valence-corrected chi connectivity index (χ3v) is 8.00. The Morgan fingerprint density at radius 2 is 2.03 bits per heavy atom. The van der Waals surface area contributed by atoms with E-state index in [0.29, 0.717) is 28.2 Å². The van der Waals surface area contributed by atoms with Crippen LogP contribution in [0, 0.1) is 17.1 Å². The zero-order valence-corrected chi connectivity index (χ0v) is 21.3. The van der Waals surface area contributed by atoms with Crippen LogP contribution < -0.4 is 16.2 Å². The number of nitrogens with zero attached hydrogens (tertiary/aromatic N) is 6. The van der Waals surface area contributed by atoms with Gasteiger partial charge in [-0.15, -0.1) is 0 Å². The number of hydrogen-bond acceptors (Lipinski definition) is 7. The summed E-state index contributed by atoms with van der Waals surface area (Å²) in [4.78, 5) is 27.1. The quantitative estimate of drug-likeness (QED) is 0.415. The molecule has 3 aliphatic rings. The van der Waals surface area contributed by atoms with E-state index in [1.54, 1.807) is 23.2 Å². The molecule has 0 bridgehead atoms. The Hall–Kier alpha value is -4.10. The van der Waals surface area contributed by atoms with Crippen LogP contribution in [0.3, 0.4) is 0 Å². The van der Waals surface area contributed by atoms with E-state index in [-0.39, 0.29) is 17.3 Å². The van der Waals surface area contributed by atoms with Gasteiger partial charge in [-0.25, -0.2) is 23.7 Å². The molecule has 2 N–H and O–H groups in total. The van der Waals surface area contributed by atoms with Crippen molar-refractivity contribution in [3.63, 3.8) is 0 Å². The predicted molar refractivity (Wildman–Crippen MR) is 140 cm³/mol. The van der Waals surface area contributed by atoms with Crippen LogP contribution in [0.2, 0.25) is 0 Å². The summed E-state index contributed by atoms with van der Waals surface area (Å²) in [6.07, 6.45) is 5.69. The highest BCUT2D eigenvalue weighted by molar-refractivity contribution is 5.77. The van der Waals surface area contributed by atoms with E-state index in [1.165, 1.54) is 42.3 Å². The van der Waals surface area contributed by atoms with Gasteiger partial charge in [-0.3, -0.25) is 4.79 Å². The Morgan fingerprint density at radius 1 is 1.21 bits per heavy atom. The Balaban J connectivity index is 1.33. The van der Waals surface area contributed by atoms with E-state index >= 15 is 0 Å². The van der Waals surface area contributed by atoms with Gasteiger partial charge in [0.25, 0.3) is 5.56 Å². The predicted octanol–water partition coefficient (Wildman–Crippen LogP) is 4.13. The number of nitriles is 1. The molecule has 3 aromatic heterocycles. The van der Waals surface area contributed by atoms with Crippen molar-refractivity contribution in [1.82, 2.24) is 29.6 Å². The highest BCUT2D eigenvalue weighted by Gasteiger charge is 2.46. The molecule has 2 fully saturated rings. The Bertz CT molecular complexity index is 1720. The lowest BCUT2D eigenvalue weighted by atomic mass is 9.88. The molecule has 0 radical (unpaired) electrons. The number of benzene rings is 1. The number of rotatable bonds is 5. The van der Waals surface area contributed by atoms with Crippen LogP contribution in [-0.2, 0) is 17.4 Å². The number of nitrogens with one attached hydrogen (secondary N) is 2. The molecule has 1 aromatic carbocycles. The van der Waals surface area contributed by atoms with Crippen molar-refractivity contribution in [3.05, 3.63) is 69.5 Å². The fourth-order valence-electron chi connectivity index (χ4n) is 5.56. The zero-order valence-electron chi connectivity index (χ0n) is 21.3. The number of anilines is 2. The first-order valence-electron chi connectivity index (χ1n) is 13.0. The lowest BCUT2D eigenvalue weighted by Gasteiger charge is -2.26. The SMILES string of the molecule is CC(C)(C#N)c1nc(-n2c3nc(Nc4ccc5c(c4)CNCC54CC4)ncc3c(=O)n2C2CC2)ccc1F. The normalized spacial score (nSPS) is 17.8. The van der Waals surface area contributed by atoms with Crippen molar-refractivity contribution in [2.24, 2.45) is 0 Å². The van der Waals surface area contributed by atoms with Gasteiger partial charge in [0.05, 0.1) is 23.2 Å². The molecule has 2 aliphatic carbocycles. The van der Waals surface area contributed by atoms with Gasteiger partial charge in [-0.05, 0) is 74.9 Å². The third kappa shape index (κ3) is 3.53.